The van der Waals surface area contributed by atoms with Crippen molar-refractivity contribution in [3.63, 3.8) is 0 Å². The predicted molar refractivity (Wildman–Crippen MR) is 125 cm³/mol. The number of carboxylic acids is 1. The maximum Gasteiger partial charge on any atom is 0.340 e. The molecular weight excluding hydrogens is 422 g/mol. The van der Waals surface area contributed by atoms with Crippen LogP contribution in [0.15, 0.2) is 56.3 Å². The van der Waals surface area contributed by atoms with Crippen LogP contribution in [-0.4, -0.2) is 23.0 Å². The van der Waals surface area contributed by atoms with Crippen LogP contribution in [0.4, 0.5) is 0 Å². The Morgan fingerprint density at radius 3 is 2.52 bits per heavy atom. The van der Waals surface area contributed by atoms with Crippen molar-refractivity contribution >= 4 is 33.8 Å². The Balaban J connectivity index is 1.81. The summed E-state index contributed by atoms with van der Waals surface area (Å²) < 4.78 is 11.5. The van der Waals surface area contributed by atoms with Gasteiger partial charge in [0.15, 0.2) is 0 Å². The number of carbonyl (C=O) groups excluding carboxylic acids is 1. The first kappa shape index (κ1) is 22.3. The van der Waals surface area contributed by atoms with Crippen LogP contribution in [0.25, 0.3) is 33.1 Å². The van der Waals surface area contributed by atoms with Crippen LogP contribution >= 0.6 is 0 Å². The fraction of sp³-hybridized carbons (Fsp3) is 0.269. The van der Waals surface area contributed by atoms with E-state index in [-0.39, 0.29) is 12.0 Å². The van der Waals surface area contributed by atoms with Gasteiger partial charge in [0, 0.05) is 10.9 Å². The van der Waals surface area contributed by atoms with Crippen LogP contribution in [-0.2, 0) is 16.0 Å². The number of aliphatic carboxylic acids is 1. The van der Waals surface area contributed by atoms with Crippen molar-refractivity contribution in [1.29, 1.82) is 0 Å². The molecule has 4 aromatic rings. The van der Waals surface area contributed by atoms with Crippen molar-refractivity contribution in [3.05, 3.63) is 69.8 Å². The third-order valence-electron chi connectivity index (χ3n) is 5.92. The summed E-state index contributed by atoms with van der Waals surface area (Å²) in [5.41, 5.74) is 3.95. The van der Waals surface area contributed by atoms with Gasteiger partial charge in [-0.1, -0.05) is 43.7 Å². The zero-order valence-electron chi connectivity index (χ0n) is 18.7. The number of rotatable bonds is 7. The summed E-state index contributed by atoms with van der Waals surface area (Å²) >= 11 is 0. The SMILES string of the molecule is CCC[C@@H](NC(=O)Cc1c(C)c2c(cc(C)c3c(-c4ccccc4)coc32)oc1=O)C(=O)O. The van der Waals surface area contributed by atoms with Crippen molar-refractivity contribution in [3.8, 4) is 11.1 Å². The van der Waals surface area contributed by atoms with Crippen LogP contribution in [0.5, 0.6) is 0 Å². The number of carbonyl (C=O) groups is 2. The van der Waals surface area contributed by atoms with Gasteiger partial charge >= 0.3 is 11.6 Å². The van der Waals surface area contributed by atoms with Gasteiger partial charge in [0.25, 0.3) is 0 Å². The zero-order valence-corrected chi connectivity index (χ0v) is 18.7. The molecular formula is C26H25NO6. The van der Waals surface area contributed by atoms with E-state index in [1.54, 1.807) is 19.3 Å². The van der Waals surface area contributed by atoms with Crippen molar-refractivity contribution in [1.82, 2.24) is 5.32 Å². The maximum atomic E-state index is 12.7. The second-order valence-corrected chi connectivity index (χ2v) is 8.20. The van der Waals surface area contributed by atoms with E-state index in [1.165, 1.54) is 0 Å². The predicted octanol–water partition coefficient (Wildman–Crippen LogP) is 4.74. The zero-order chi connectivity index (χ0) is 23.7. The molecule has 0 spiro atoms. The lowest BCUT2D eigenvalue weighted by Crippen LogP contribution is -2.41. The monoisotopic (exact) mass is 447 g/mol. The summed E-state index contributed by atoms with van der Waals surface area (Å²) in [7, 11) is 0. The third-order valence-corrected chi connectivity index (χ3v) is 5.92. The molecule has 0 aliphatic carbocycles. The van der Waals surface area contributed by atoms with E-state index in [4.69, 9.17) is 8.83 Å². The van der Waals surface area contributed by atoms with Gasteiger partial charge in [-0.3, -0.25) is 4.79 Å². The first-order chi connectivity index (χ1) is 15.8. The van der Waals surface area contributed by atoms with E-state index in [2.05, 4.69) is 5.32 Å². The first-order valence-electron chi connectivity index (χ1n) is 10.9. The lowest BCUT2D eigenvalue weighted by molar-refractivity contribution is -0.141. The quantitative estimate of drug-likeness (QED) is 0.396. The number of carboxylic acid groups (broad SMARTS) is 1. The van der Waals surface area contributed by atoms with E-state index in [9.17, 15) is 19.5 Å². The molecule has 1 amide bonds. The molecule has 4 rings (SSSR count). The molecule has 0 saturated heterocycles. The summed E-state index contributed by atoms with van der Waals surface area (Å²) in [5, 5.41) is 13.3. The van der Waals surface area contributed by atoms with Gasteiger partial charge in [-0.15, -0.1) is 0 Å². The number of furan rings is 1. The Labute approximate surface area is 190 Å². The Morgan fingerprint density at radius 1 is 1.12 bits per heavy atom. The molecule has 0 bridgehead atoms. The molecule has 2 aromatic heterocycles. The molecule has 0 aliphatic rings. The molecule has 2 N–H and O–H groups in total. The Kier molecular flexibility index (Phi) is 6.05. The van der Waals surface area contributed by atoms with Crippen LogP contribution in [0.2, 0.25) is 0 Å². The lowest BCUT2D eigenvalue weighted by Gasteiger charge is -2.14. The van der Waals surface area contributed by atoms with Crippen molar-refractivity contribution in [2.24, 2.45) is 0 Å². The Hall–Kier alpha value is -3.87. The summed E-state index contributed by atoms with van der Waals surface area (Å²) in [4.78, 5) is 36.7. The average Bonchev–Trinajstić information content (AvgIpc) is 3.22. The highest BCUT2D eigenvalue weighted by Crippen LogP contribution is 2.38. The van der Waals surface area contributed by atoms with Gasteiger partial charge in [-0.2, -0.15) is 0 Å². The smallest absolute Gasteiger partial charge is 0.340 e. The minimum absolute atomic E-state index is 0.184. The van der Waals surface area contributed by atoms with Gasteiger partial charge in [-0.25, -0.2) is 9.59 Å². The molecule has 0 fully saturated rings. The van der Waals surface area contributed by atoms with Crippen LogP contribution < -0.4 is 10.9 Å². The van der Waals surface area contributed by atoms with E-state index in [1.807, 2.05) is 44.2 Å². The minimum Gasteiger partial charge on any atom is -0.480 e. The number of fused-ring (bicyclic) bond motifs is 3. The minimum atomic E-state index is -1.10. The van der Waals surface area contributed by atoms with Crippen LogP contribution in [0.1, 0.15) is 36.5 Å². The Morgan fingerprint density at radius 2 is 1.85 bits per heavy atom. The van der Waals surface area contributed by atoms with Crippen LogP contribution in [0, 0.1) is 13.8 Å². The fourth-order valence-corrected chi connectivity index (χ4v) is 4.27. The molecule has 0 saturated carbocycles. The van der Waals surface area contributed by atoms with Gasteiger partial charge in [0.2, 0.25) is 5.91 Å². The highest BCUT2D eigenvalue weighted by Gasteiger charge is 2.23. The maximum absolute atomic E-state index is 12.7. The van der Waals surface area contributed by atoms with Gasteiger partial charge in [0.1, 0.15) is 17.2 Å². The summed E-state index contributed by atoms with van der Waals surface area (Å²) in [6.07, 6.45) is 2.32. The van der Waals surface area contributed by atoms with Crippen molar-refractivity contribution in [2.75, 3.05) is 0 Å². The highest BCUT2D eigenvalue weighted by atomic mass is 16.4. The highest BCUT2D eigenvalue weighted by molar-refractivity contribution is 6.11. The molecule has 170 valence electrons. The second kappa shape index (κ2) is 8.94. The van der Waals surface area contributed by atoms with E-state index < -0.39 is 23.5 Å². The normalized spacial score (nSPS) is 12.2. The number of amides is 1. The van der Waals surface area contributed by atoms with Gasteiger partial charge < -0.3 is 19.3 Å². The second-order valence-electron chi connectivity index (χ2n) is 8.20. The molecule has 7 nitrogen and oxygen atoms in total. The molecule has 1 atom stereocenters. The molecule has 0 radical (unpaired) electrons. The lowest BCUT2D eigenvalue weighted by atomic mass is 9.96. The molecule has 0 unspecified atom stereocenters. The number of aryl methyl sites for hydroxylation is 2. The van der Waals surface area contributed by atoms with Crippen LogP contribution in [0.3, 0.4) is 0 Å². The number of hydrogen-bond acceptors (Lipinski definition) is 5. The van der Waals surface area contributed by atoms with Gasteiger partial charge in [-0.05, 0) is 43.0 Å². The topological polar surface area (TPSA) is 110 Å². The van der Waals surface area contributed by atoms with Crippen molar-refractivity contribution < 1.29 is 23.5 Å². The van der Waals surface area contributed by atoms with E-state index in [0.29, 0.717) is 35.0 Å². The van der Waals surface area contributed by atoms with E-state index in [0.717, 1.165) is 22.1 Å². The first-order valence-corrected chi connectivity index (χ1v) is 10.9. The third kappa shape index (κ3) is 4.14. The largest absolute Gasteiger partial charge is 0.480 e. The summed E-state index contributed by atoms with van der Waals surface area (Å²) in [6.45, 7) is 5.52. The average molecular weight is 447 g/mol. The van der Waals surface area contributed by atoms with Gasteiger partial charge in [0.05, 0.1) is 23.6 Å². The standard InChI is InChI=1S/C26H25NO6/c1-4-8-19(25(29)30)27-21(28)12-17-15(3)23-20(33-26(17)31)11-14(2)22-18(13-32-24(22)23)16-9-6-5-7-10-16/h5-7,9-11,13,19H,4,8,12H2,1-3H3,(H,27,28)(H,29,30)/t19-/m1/s1. The molecule has 2 aromatic carbocycles. The Bertz CT molecular complexity index is 1410. The summed E-state index contributed by atoms with van der Waals surface area (Å²) in [6, 6.07) is 10.7. The molecule has 2 heterocycles. The molecule has 0 aliphatic heterocycles. The number of benzene rings is 2. The van der Waals surface area contributed by atoms with E-state index >= 15 is 0 Å². The molecule has 7 heteroatoms. The number of hydrogen-bond donors (Lipinski definition) is 2. The van der Waals surface area contributed by atoms with Crippen molar-refractivity contribution in [2.45, 2.75) is 46.1 Å². The fourth-order valence-electron chi connectivity index (χ4n) is 4.27. The molecule has 33 heavy (non-hydrogen) atoms. The number of nitrogens with one attached hydrogen (secondary N) is 1. The summed E-state index contributed by atoms with van der Waals surface area (Å²) in [5.74, 6) is -1.65.